The van der Waals surface area contributed by atoms with Crippen molar-refractivity contribution in [3.05, 3.63) is 59.5 Å². The van der Waals surface area contributed by atoms with Crippen molar-refractivity contribution in [3.8, 4) is 5.75 Å². The third-order valence-electron chi connectivity index (χ3n) is 3.51. The molecule has 0 aliphatic carbocycles. The molecule has 0 aliphatic rings. The lowest BCUT2D eigenvalue weighted by Gasteiger charge is -2.09. The fourth-order valence-electron chi connectivity index (χ4n) is 2.49. The summed E-state index contributed by atoms with van der Waals surface area (Å²) in [6, 6.07) is 13.7. The summed E-state index contributed by atoms with van der Waals surface area (Å²) in [7, 11) is 0. The second-order valence-electron chi connectivity index (χ2n) is 5.50. The molecule has 0 amide bonds. The predicted octanol–water partition coefficient (Wildman–Crippen LogP) is 4.09. The SMILES string of the molecule is CCOc1ccc2nc(C)cc(N/N=C/c3cccc(C)n3)c2c1. The van der Waals surface area contributed by atoms with Crippen LogP contribution in [-0.2, 0) is 0 Å². The number of benzene rings is 1. The first kappa shape index (κ1) is 15.9. The third kappa shape index (κ3) is 3.68. The summed E-state index contributed by atoms with van der Waals surface area (Å²) in [6.07, 6.45) is 1.71. The maximum atomic E-state index is 5.58. The molecule has 0 fully saturated rings. The van der Waals surface area contributed by atoms with E-state index in [-0.39, 0.29) is 0 Å². The first-order chi connectivity index (χ1) is 11.7. The number of nitrogens with zero attached hydrogens (tertiary/aromatic N) is 3. The topological polar surface area (TPSA) is 59.4 Å². The van der Waals surface area contributed by atoms with Crippen LogP contribution in [0.4, 0.5) is 5.69 Å². The molecule has 0 saturated heterocycles. The first-order valence-electron chi connectivity index (χ1n) is 7.92. The molecule has 2 heterocycles. The van der Waals surface area contributed by atoms with Crippen LogP contribution in [0.15, 0.2) is 47.6 Å². The molecule has 0 atom stereocenters. The van der Waals surface area contributed by atoms with Crippen LogP contribution in [0.3, 0.4) is 0 Å². The summed E-state index contributed by atoms with van der Waals surface area (Å²) in [6.45, 7) is 6.52. The summed E-state index contributed by atoms with van der Waals surface area (Å²) in [5, 5.41) is 5.29. The van der Waals surface area contributed by atoms with Gasteiger partial charge < -0.3 is 4.74 Å². The van der Waals surface area contributed by atoms with Crippen LogP contribution in [0.5, 0.6) is 5.75 Å². The average Bonchev–Trinajstić information content (AvgIpc) is 2.55. The van der Waals surface area contributed by atoms with Crippen molar-refractivity contribution in [2.75, 3.05) is 12.0 Å². The number of aromatic nitrogens is 2. The number of hydrazone groups is 1. The van der Waals surface area contributed by atoms with Gasteiger partial charge in [-0.05, 0) is 57.2 Å². The Labute approximate surface area is 141 Å². The Morgan fingerprint density at radius 2 is 1.96 bits per heavy atom. The molecule has 5 heteroatoms. The molecule has 24 heavy (non-hydrogen) atoms. The van der Waals surface area contributed by atoms with Gasteiger partial charge in [-0.2, -0.15) is 5.10 Å². The number of anilines is 1. The molecule has 0 unspecified atom stereocenters. The molecule has 122 valence electrons. The summed E-state index contributed by atoms with van der Waals surface area (Å²) in [4.78, 5) is 8.96. The largest absolute Gasteiger partial charge is 0.494 e. The smallest absolute Gasteiger partial charge is 0.120 e. The van der Waals surface area contributed by atoms with Gasteiger partial charge in [0.05, 0.1) is 29.7 Å². The van der Waals surface area contributed by atoms with E-state index < -0.39 is 0 Å². The minimum atomic E-state index is 0.630. The third-order valence-corrected chi connectivity index (χ3v) is 3.51. The average molecular weight is 320 g/mol. The van der Waals surface area contributed by atoms with Crippen molar-refractivity contribution in [3.63, 3.8) is 0 Å². The van der Waals surface area contributed by atoms with Crippen molar-refractivity contribution in [1.29, 1.82) is 0 Å². The molecule has 1 aromatic carbocycles. The lowest BCUT2D eigenvalue weighted by molar-refractivity contribution is 0.340. The van der Waals surface area contributed by atoms with E-state index in [1.165, 1.54) is 0 Å². The molecular weight excluding hydrogens is 300 g/mol. The molecule has 5 nitrogen and oxygen atoms in total. The van der Waals surface area contributed by atoms with Gasteiger partial charge in [-0.25, -0.2) is 0 Å². The highest BCUT2D eigenvalue weighted by Crippen LogP contribution is 2.27. The molecule has 1 N–H and O–H groups in total. The van der Waals surface area contributed by atoms with Crippen LogP contribution in [0.2, 0.25) is 0 Å². The summed E-state index contributed by atoms with van der Waals surface area (Å²) in [5.74, 6) is 0.822. The zero-order valence-electron chi connectivity index (χ0n) is 14.1. The molecule has 0 bridgehead atoms. The van der Waals surface area contributed by atoms with Gasteiger partial charge in [0.15, 0.2) is 0 Å². The van der Waals surface area contributed by atoms with Gasteiger partial charge in [-0.1, -0.05) is 6.07 Å². The van der Waals surface area contributed by atoms with E-state index in [1.807, 2.05) is 63.2 Å². The molecule has 0 spiro atoms. The Balaban J connectivity index is 1.91. The van der Waals surface area contributed by atoms with Crippen LogP contribution in [0.25, 0.3) is 10.9 Å². The monoisotopic (exact) mass is 320 g/mol. The van der Waals surface area contributed by atoms with Gasteiger partial charge >= 0.3 is 0 Å². The number of rotatable bonds is 5. The lowest BCUT2D eigenvalue weighted by atomic mass is 10.1. The second kappa shape index (κ2) is 7.08. The normalized spacial score (nSPS) is 11.1. The van der Waals surface area contributed by atoms with Gasteiger partial charge in [0.1, 0.15) is 5.75 Å². The number of nitrogens with one attached hydrogen (secondary N) is 1. The quantitative estimate of drug-likeness (QED) is 0.568. The van der Waals surface area contributed by atoms with Crippen molar-refractivity contribution < 1.29 is 4.74 Å². The maximum absolute atomic E-state index is 5.58. The first-order valence-corrected chi connectivity index (χ1v) is 7.92. The Morgan fingerprint density at radius 3 is 2.75 bits per heavy atom. The highest BCUT2D eigenvalue weighted by atomic mass is 16.5. The summed E-state index contributed by atoms with van der Waals surface area (Å²) in [5.41, 5.74) is 7.60. The Bertz CT molecular complexity index is 890. The fourth-order valence-corrected chi connectivity index (χ4v) is 2.49. The molecule has 3 aromatic rings. The van der Waals surface area contributed by atoms with E-state index >= 15 is 0 Å². The maximum Gasteiger partial charge on any atom is 0.120 e. The van der Waals surface area contributed by atoms with Gasteiger partial charge in [-0.15, -0.1) is 0 Å². The second-order valence-corrected chi connectivity index (χ2v) is 5.50. The van der Waals surface area contributed by atoms with E-state index in [0.29, 0.717) is 6.61 Å². The molecule has 0 saturated carbocycles. The van der Waals surface area contributed by atoms with Crippen LogP contribution >= 0.6 is 0 Å². The molecule has 0 radical (unpaired) electrons. The van der Waals surface area contributed by atoms with Gasteiger partial charge in [-0.3, -0.25) is 15.4 Å². The van der Waals surface area contributed by atoms with Crippen LogP contribution in [-0.4, -0.2) is 22.8 Å². The van der Waals surface area contributed by atoms with Crippen LogP contribution in [0.1, 0.15) is 24.0 Å². The number of hydrogen-bond acceptors (Lipinski definition) is 5. The zero-order chi connectivity index (χ0) is 16.9. The highest BCUT2D eigenvalue weighted by molar-refractivity contribution is 5.93. The fraction of sp³-hybridized carbons (Fsp3) is 0.211. The zero-order valence-corrected chi connectivity index (χ0v) is 14.1. The number of ether oxygens (including phenoxy) is 1. The predicted molar refractivity (Wildman–Crippen MR) is 97.8 cm³/mol. The number of fused-ring (bicyclic) bond motifs is 1. The minimum absolute atomic E-state index is 0.630. The van der Waals surface area contributed by atoms with Crippen LogP contribution < -0.4 is 10.2 Å². The van der Waals surface area contributed by atoms with E-state index in [2.05, 4.69) is 20.5 Å². The van der Waals surface area contributed by atoms with Crippen molar-refractivity contribution in [1.82, 2.24) is 9.97 Å². The highest BCUT2D eigenvalue weighted by Gasteiger charge is 2.05. The number of aryl methyl sites for hydroxylation is 2. The molecule has 0 aliphatic heterocycles. The van der Waals surface area contributed by atoms with E-state index in [9.17, 15) is 0 Å². The van der Waals surface area contributed by atoms with Crippen molar-refractivity contribution in [2.24, 2.45) is 5.10 Å². The number of pyridine rings is 2. The molecule has 3 rings (SSSR count). The minimum Gasteiger partial charge on any atom is -0.494 e. The summed E-state index contributed by atoms with van der Waals surface area (Å²) < 4.78 is 5.58. The summed E-state index contributed by atoms with van der Waals surface area (Å²) >= 11 is 0. The Morgan fingerprint density at radius 1 is 1.08 bits per heavy atom. The molecular formula is C19H20N4O. The number of hydrogen-bond donors (Lipinski definition) is 1. The van der Waals surface area contributed by atoms with E-state index in [4.69, 9.17) is 4.74 Å². The van der Waals surface area contributed by atoms with Crippen molar-refractivity contribution >= 4 is 22.8 Å². The van der Waals surface area contributed by atoms with E-state index in [0.717, 1.165) is 39.4 Å². The lowest BCUT2D eigenvalue weighted by Crippen LogP contribution is -1.97. The Hall–Kier alpha value is -2.95. The van der Waals surface area contributed by atoms with Gasteiger partial charge in [0.2, 0.25) is 0 Å². The van der Waals surface area contributed by atoms with Crippen molar-refractivity contribution in [2.45, 2.75) is 20.8 Å². The molecule has 2 aromatic heterocycles. The van der Waals surface area contributed by atoms with Gasteiger partial charge in [0, 0.05) is 16.8 Å². The van der Waals surface area contributed by atoms with E-state index in [1.54, 1.807) is 6.21 Å². The Kier molecular flexibility index (Phi) is 4.70. The van der Waals surface area contributed by atoms with Crippen LogP contribution in [0, 0.1) is 13.8 Å². The van der Waals surface area contributed by atoms with Gasteiger partial charge in [0.25, 0.3) is 0 Å². The standard InChI is InChI=1S/C19H20N4O/c1-4-24-16-8-9-18-17(11-16)19(10-14(3)22-18)23-20-12-15-7-5-6-13(2)21-15/h5-12H,4H2,1-3H3,(H,22,23)/b20-12+.